The molecule has 1 heteroatoms. The first-order chi connectivity index (χ1) is 8.09. The highest BCUT2D eigenvalue weighted by atomic mass is 14.9. The summed E-state index contributed by atoms with van der Waals surface area (Å²) in [5, 5.41) is 3.35. The highest BCUT2D eigenvalue weighted by Crippen LogP contribution is 2.73. The Balaban J connectivity index is 1.78. The monoisotopic (exact) mass is 229 g/mol. The average molecular weight is 229 g/mol. The minimum Gasteiger partial charge on any atom is -0.319 e. The smallest absolute Gasteiger partial charge is 0.000577 e. The standard InChI is InChI=1S/C16H23N/c1-12(2)13-5-4-6-14(7-13)16-8-15(9-16,10-16)11-17-3/h4-7,12,17H,8-11H2,1-3H3. The molecule has 92 valence electrons. The van der Waals surface area contributed by atoms with Crippen molar-refractivity contribution in [2.75, 3.05) is 13.6 Å². The normalized spacial score (nSPS) is 34.4. The van der Waals surface area contributed by atoms with E-state index in [1.807, 2.05) is 0 Å². The van der Waals surface area contributed by atoms with E-state index in [4.69, 9.17) is 0 Å². The molecule has 0 saturated heterocycles. The number of benzene rings is 1. The van der Waals surface area contributed by atoms with Crippen LogP contribution in [-0.2, 0) is 5.41 Å². The summed E-state index contributed by atoms with van der Waals surface area (Å²) in [7, 11) is 2.08. The van der Waals surface area contributed by atoms with Gasteiger partial charge in [0.05, 0.1) is 0 Å². The lowest BCUT2D eigenvalue weighted by Crippen LogP contribution is -2.67. The first-order valence-corrected chi connectivity index (χ1v) is 6.84. The number of hydrogen-bond acceptors (Lipinski definition) is 1. The van der Waals surface area contributed by atoms with Crippen LogP contribution < -0.4 is 5.32 Å². The minimum absolute atomic E-state index is 0.557. The highest BCUT2D eigenvalue weighted by Gasteiger charge is 2.67. The Morgan fingerprint density at radius 1 is 1.24 bits per heavy atom. The molecule has 1 N–H and O–H groups in total. The number of rotatable bonds is 4. The molecule has 1 nitrogen and oxygen atoms in total. The lowest BCUT2D eigenvalue weighted by molar-refractivity contribution is -0.137. The largest absolute Gasteiger partial charge is 0.319 e. The van der Waals surface area contributed by atoms with Crippen molar-refractivity contribution in [3.63, 3.8) is 0 Å². The van der Waals surface area contributed by atoms with E-state index in [-0.39, 0.29) is 0 Å². The summed E-state index contributed by atoms with van der Waals surface area (Å²) in [6.45, 7) is 5.77. The summed E-state index contributed by atoms with van der Waals surface area (Å²) < 4.78 is 0. The second-order valence-electron chi connectivity index (χ2n) is 6.62. The fraction of sp³-hybridized carbons (Fsp3) is 0.625. The molecule has 0 amide bonds. The Morgan fingerprint density at radius 3 is 2.53 bits per heavy atom. The zero-order valence-electron chi connectivity index (χ0n) is 11.2. The van der Waals surface area contributed by atoms with Crippen molar-refractivity contribution < 1.29 is 0 Å². The third kappa shape index (κ3) is 1.55. The van der Waals surface area contributed by atoms with Crippen molar-refractivity contribution in [2.24, 2.45) is 5.41 Å². The van der Waals surface area contributed by atoms with E-state index in [1.165, 1.54) is 31.4 Å². The van der Waals surface area contributed by atoms with Crippen LogP contribution in [0.5, 0.6) is 0 Å². The van der Waals surface area contributed by atoms with Crippen LogP contribution in [0.3, 0.4) is 0 Å². The van der Waals surface area contributed by atoms with Gasteiger partial charge in [-0.2, -0.15) is 0 Å². The molecule has 0 unspecified atom stereocenters. The SMILES string of the molecule is CNCC12CC(c3cccc(C(C)C)c3)(C1)C2. The van der Waals surface area contributed by atoms with Crippen LogP contribution in [0.2, 0.25) is 0 Å². The first-order valence-electron chi connectivity index (χ1n) is 6.84. The average Bonchev–Trinajstić information content (AvgIpc) is 2.21. The zero-order chi connectivity index (χ0) is 12.1. The van der Waals surface area contributed by atoms with Crippen molar-refractivity contribution in [1.82, 2.24) is 5.32 Å². The lowest BCUT2D eigenvalue weighted by Gasteiger charge is -2.71. The molecule has 17 heavy (non-hydrogen) atoms. The molecule has 0 heterocycles. The fourth-order valence-electron chi connectivity index (χ4n) is 4.09. The van der Waals surface area contributed by atoms with Crippen molar-refractivity contribution in [3.8, 4) is 0 Å². The van der Waals surface area contributed by atoms with E-state index in [2.05, 4.69) is 50.5 Å². The highest BCUT2D eigenvalue weighted by molar-refractivity contribution is 5.41. The van der Waals surface area contributed by atoms with Gasteiger partial charge in [0.25, 0.3) is 0 Å². The topological polar surface area (TPSA) is 12.0 Å². The van der Waals surface area contributed by atoms with Crippen LogP contribution in [0.4, 0.5) is 0 Å². The number of hydrogen-bond donors (Lipinski definition) is 1. The maximum atomic E-state index is 3.35. The van der Waals surface area contributed by atoms with Gasteiger partial charge in [0.15, 0.2) is 0 Å². The molecule has 0 radical (unpaired) electrons. The molecule has 3 fully saturated rings. The van der Waals surface area contributed by atoms with Gasteiger partial charge in [0.2, 0.25) is 0 Å². The Kier molecular flexibility index (Phi) is 2.38. The molecule has 3 aliphatic carbocycles. The molecular weight excluding hydrogens is 206 g/mol. The Labute approximate surface area is 105 Å². The van der Waals surface area contributed by atoms with Gasteiger partial charge in [-0.1, -0.05) is 38.1 Å². The molecule has 0 spiro atoms. The Hall–Kier alpha value is -0.820. The Bertz CT molecular complexity index is 413. The van der Waals surface area contributed by atoms with Crippen LogP contribution in [0, 0.1) is 5.41 Å². The molecule has 4 rings (SSSR count). The van der Waals surface area contributed by atoms with E-state index in [0.29, 0.717) is 16.7 Å². The predicted octanol–water partition coefficient (Wildman–Crippen LogP) is 3.45. The second kappa shape index (κ2) is 3.58. The van der Waals surface area contributed by atoms with Crippen molar-refractivity contribution >= 4 is 0 Å². The van der Waals surface area contributed by atoms with Gasteiger partial charge in [-0.3, -0.25) is 0 Å². The van der Waals surface area contributed by atoms with Gasteiger partial charge in [0.1, 0.15) is 0 Å². The van der Waals surface area contributed by atoms with Gasteiger partial charge in [-0.05, 0) is 54.2 Å². The maximum absolute atomic E-state index is 3.35. The van der Waals surface area contributed by atoms with Crippen LogP contribution in [0.25, 0.3) is 0 Å². The second-order valence-corrected chi connectivity index (χ2v) is 6.62. The molecule has 1 aromatic rings. The van der Waals surface area contributed by atoms with E-state index in [0.717, 1.165) is 0 Å². The molecule has 3 aliphatic rings. The summed E-state index contributed by atoms with van der Waals surface area (Å²) in [5.74, 6) is 0.647. The van der Waals surface area contributed by atoms with Gasteiger partial charge in [-0.15, -0.1) is 0 Å². The molecular formula is C16H23N. The third-order valence-corrected chi connectivity index (χ3v) is 4.86. The van der Waals surface area contributed by atoms with Gasteiger partial charge in [0, 0.05) is 6.54 Å². The number of nitrogens with one attached hydrogen (secondary N) is 1. The molecule has 1 aromatic carbocycles. The lowest BCUT2D eigenvalue weighted by atomic mass is 9.33. The van der Waals surface area contributed by atoms with E-state index in [1.54, 1.807) is 5.56 Å². The molecule has 0 aliphatic heterocycles. The molecule has 2 bridgehead atoms. The van der Waals surface area contributed by atoms with Crippen LogP contribution in [0.15, 0.2) is 24.3 Å². The quantitative estimate of drug-likeness (QED) is 0.834. The van der Waals surface area contributed by atoms with Crippen molar-refractivity contribution in [3.05, 3.63) is 35.4 Å². The molecule has 0 atom stereocenters. The van der Waals surface area contributed by atoms with E-state index >= 15 is 0 Å². The summed E-state index contributed by atoms with van der Waals surface area (Å²) in [5.41, 5.74) is 4.31. The van der Waals surface area contributed by atoms with Crippen molar-refractivity contribution in [1.29, 1.82) is 0 Å². The first kappa shape index (κ1) is 11.3. The Morgan fingerprint density at radius 2 is 1.94 bits per heavy atom. The summed E-state index contributed by atoms with van der Waals surface area (Å²) in [6.07, 6.45) is 4.22. The molecule has 0 aromatic heterocycles. The van der Waals surface area contributed by atoms with E-state index < -0.39 is 0 Å². The van der Waals surface area contributed by atoms with E-state index in [9.17, 15) is 0 Å². The maximum Gasteiger partial charge on any atom is 0.000577 e. The zero-order valence-corrected chi connectivity index (χ0v) is 11.2. The summed E-state index contributed by atoms with van der Waals surface area (Å²) in [6, 6.07) is 9.31. The minimum atomic E-state index is 0.557. The van der Waals surface area contributed by atoms with Gasteiger partial charge in [-0.25, -0.2) is 0 Å². The van der Waals surface area contributed by atoms with Gasteiger partial charge < -0.3 is 5.32 Å². The predicted molar refractivity (Wildman–Crippen MR) is 72.4 cm³/mol. The molecule has 3 saturated carbocycles. The van der Waals surface area contributed by atoms with Crippen LogP contribution >= 0.6 is 0 Å². The summed E-state index contributed by atoms with van der Waals surface area (Å²) >= 11 is 0. The summed E-state index contributed by atoms with van der Waals surface area (Å²) in [4.78, 5) is 0. The van der Waals surface area contributed by atoms with Gasteiger partial charge >= 0.3 is 0 Å². The van der Waals surface area contributed by atoms with Crippen LogP contribution in [-0.4, -0.2) is 13.6 Å². The van der Waals surface area contributed by atoms with Crippen molar-refractivity contribution in [2.45, 2.75) is 44.4 Å². The van der Waals surface area contributed by atoms with Crippen LogP contribution in [0.1, 0.15) is 50.2 Å². The fourth-order valence-corrected chi connectivity index (χ4v) is 4.09. The third-order valence-electron chi connectivity index (χ3n) is 4.86.